The summed E-state index contributed by atoms with van der Waals surface area (Å²) >= 11 is 0. The van der Waals surface area contributed by atoms with Crippen molar-refractivity contribution >= 4 is 28.4 Å². The van der Waals surface area contributed by atoms with Crippen molar-refractivity contribution in [1.29, 1.82) is 0 Å². The van der Waals surface area contributed by atoms with E-state index in [2.05, 4.69) is 20.1 Å². The first-order valence-electron chi connectivity index (χ1n) is 10.5. The number of carbonyl (C=O) groups is 1. The number of ether oxygens (including phenoxy) is 1. The second kappa shape index (κ2) is 7.91. The standard InChI is InChI=1S/C22H21F2N7O2/c1-11-6-7-12(10-30(11)21(32)16-4-3-5-17(26-16)33-2)19-28-20-14-8-13(23)9-15(24)18(14)27-22(25)31(20)29-19/h3-5,8-9,11-12H,6-7,10H2,1-2H3,(H2,25,27)/t11-,12+/m0/s1. The smallest absolute Gasteiger partial charge is 0.272 e. The Morgan fingerprint density at radius 2 is 2.00 bits per heavy atom. The fourth-order valence-corrected chi connectivity index (χ4v) is 4.24. The summed E-state index contributed by atoms with van der Waals surface area (Å²) in [6.45, 7) is 2.34. The lowest BCUT2D eigenvalue weighted by molar-refractivity contribution is 0.0599. The number of likely N-dealkylation sites (tertiary alicyclic amines) is 1. The minimum atomic E-state index is -0.821. The number of nitrogens with zero attached hydrogens (tertiary/aromatic N) is 6. The van der Waals surface area contributed by atoms with Crippen LogP contribution in [0.1, 0.15) is 42.0 Å². The van der Waals surface area contributed by atoms with Crippen molar-refractivity contribution in [1.82, 2.24) is 29.5 Å². The third kappa shape index (κ3) is 3.59. The number of nitrogen functional groups attached to an aromatic ring is 1. The van der Waals surface area contributed by atoms with E-state index in [4.69, 9.17) is 10.5 Å². The third-order valence-corrected chi connectivity index (χ3v) is 6.00. The number of halogens is 2. The Balaban J connectivity index is 1.51. The number of nitrogens with two attached hydrogens (primary N) is 1. The number of amides is 1. The van der Waals surface area contributed by atoms with Gasteiger partial charge in [-0.15, -0.1) is 5.10 Å². The molecule has 2 N–H and O–H groups in total. The van der Waals surface area contributed by atoms with Gasteiger partial charge in [0.1, 0.15) is 17.0 Å². The van der Waals surface area contributed by atoms with Crippen LogP contribution in [0.5, 0.6) is 5.88 Å². The van der Waals surface area contributed by atoms with Crippen molar-refractivity contribution in [3.63, 3.8) is 0 Å². The van der Waals surface area contributed by atoms with Gasteiger partial charge in [0.15, 0.2) is 17.3 Å². The van der Waals surface area contributed by atoms with Gasteiger partial charge >= 0.3 is 0 Å². The lowest BCUT2D eigenvalue weighted by atomic mass is 9.92. The molecule has 1 fully saturated rings. The molecule has 0 saturated carbocycles. The summed E-state index contributed by atoms with van der Waals surface area (Å²) in [4.78, 5) is 27.7. The number of carbonyl (C=O) groups excluding carboxylic acids is 1. The van der Waals surface area contributed by atoms with Crippen molar-refractivity contribution in [3.8, 4) is 5.88 Å². The van der Waals surface area contributed by atoms with E-state index in [-0.39, 0.29) is 46.1 Å². The zero-order valence-electron chi connectivity index (χ0n) is 18.0. The van der Waals surface area contributed by atoms with E-state index >= 15 is 0 Å². The van der Waals surface area contributed by atoms with E-state index < -0.39 is 11.6 Å². The number of piperidine rings is 1. The molecular formula is C22H21F2N7O2. The molecule has 0 aliphatic carbocycles. The summed E-state index contributed by atoms with van der Waals surface area (Å²) in [6.07, 6.45) is 1.47. The lowest BCUT2D eigenvalue weighted by Gasteiger charge is -2.36. The van der Waals surface area contributed by atoms with Gasteiger partial charge in [-0.1, -0.05) is 6.07 Å². The van der Waals surface area contributed by atoms with Gasteiger partial charge in [0.2, 0.25) is 11.8 Å². The highest BCUT2D eigenvalue weighted by Crippen LogP contribution is 2.31. The summed E-state index contributed by atoms with van der Waals surface area (Å²) in [6, 6.07) is 6.94. The highest BCUT2D eigenvalue weighted by molar-refractivity contribution is 5.93. The second-order valence-electron chi connectivity index (χ2n) is 8.11. The van der Waals surface area contributed by atoms with E-state index in [1.54, 1.807) is 23.1 Å². The first-order chi connectivity index (χ1) is 15.9. The minimum absolute atomic E-state index is 0.00506. The highest BCUT2D eigenvalue weighted by Gasteiger charge is 2.33. The maximum absolute atomic E-state index is 14.2. The third-order valence-electron chi connectivity index (χ3n) is 6.00. The Morgan fingerprint density at radius 1 is 1.18 bits per heavy atom. The summed E-state index contributed by atoms with van der Waals surface area (Å²) in [5, 5.41) is 4.64. The van der Waals surface area contributed by atoms with Crippen LogP contribution in [0.4, 0.5) is 14.7 Å². The van der Waals surface area contributed by atoms with Crippen LogP contribution in [0.15, 0.2) is 30.3 Å². The maximum Gasteiger partial charge on any atom is 0.272 e. The number of fused-ring (bicyclic) bond motifs is 3. The zero-order valence-corrected chi connectivity index (χ0v) is 18.0. The lowest BCUT2D eigenvalue weighted by Crippen LogP contribution is -2.45. The van der Waals surface area contributed by atoms with Gasteiger partial charge in [-0.05, 0) is 31.9 Å². The molecule has 0 spiro atoms. The number of rotatable bonds is 3. The monoisotopic (exact) mass is 453 g/mol. The molecule has 11 heteroatoms. The second-order valence-corrected chi connectivity index (χ2v) is 8.11. The van der Waals surface area contributed by atoms with Gasteiger partial charge in [0.05, 0.1) is 12.5 Å². The SMILES string of the molecule is COc1cccc(C(=O)N2C[C@H](c3nc4c5cc(F)cc(F)c5nc(N)n4n3)CC[C@@H]2C)n1. The molecule has 9 nitrogen and oxygen atoms in total. The Bertz CT molecular complexity index is 1390. The molecule has 33 heavy (non-hydrogen) atoms. The first kappa shape index (κ1) is 21.0. The van der Waals surface area contributed by atoms with Gasteiger partial charge in [0, 0.05) is 30.6 Å². The average Bonchev–Trinajstić information content (AvgIpc) is 3.26. The van der Waals surface area contributed by atoms with Crippen molar-refractivity contribution in [2.24, 2.45) is 0 Å². The Kier molecular flexibility index (Phi) is 5.03. The molecule has 1 saturated heterocycles. The van der Waals surface area contributed by atoms with Crippen molar-refractivity contribution in [2.45, 2.75) is 31.7 Å². The fourth-order valence-electron chi connectivity index (χ4n) is 4.24. The largest absolute Gasteiger partial charge is 0.481 e. The molecule has 1 aliphatic heterocycles. The predicted octanol–water partition coefficient (Wildman–Crippen LogP) is 2.95. The summed E-state index contributed by atoms with van der Waals surface area (Å²) in [5.41, 5.74) is 6.41. The summed E-state index contributed by atoms with van der Waals surface area (Å²) in [5.74, 6) is -1.24. The number of anilines is 1. The number of aromatic nitrogens is 5. The minimum Gasteiger partial charge on any atom is -0.481 e. The van der Waals surface area contributed by atoms with Crippen LogP contribution in [0, 0.1) is 11.6 Å². The van der Waals surface area contributed by atoms with Crippen molar-refractivity contribution in [2.75, 3.05) is 19.4 Å². The molecular weight excluding hydrogens is 432 g/mol. The first-order valence-corrected chi connectivity index (χ1v) is 10.5. The van der Waals surface area contributed by atoms with Gasteiger partial charge in [-0.3, -0.25) is 4.79 Å². The molecule has 0 radical (unpaired) electrons. The molecule has 5 rings (SSSR count). The van der Waals surface area contributed by atoms with Crippen molar-refractivity contribution < 1.29 is 18.3 Å². The molecule has 4 heterocycles. The van der Waals surface area contributed by atoms with E-state index in [1.807, 2.05) is 6.92 Å². The number of benzene rings is 1. The Morgan fingerprint density at radius 3 is 2.79 bits per heavy atom. The van der Waals surface area contributed by atoms with Crippen LogP contribution < -0.4 is 10.5 Å². The topological polar surface area (TPSA) is 112 Å². The Hall–Kier alpha value is -3.89. The fraction of sp³-hybridized carbons (Fsp3) is 0.318. The van der Waals surface area contributed by atoms with E-state index in [9.17, 15) is 13.6 Å². The van der Waals surface area contributed by atoms with Crippen LogP contribution in [-0.2, 0) is 0 Å². The van der Waals surface area contributed by atoms with Crippen LogP contribution in [-0.4, -0.2) is 55.1 Å². The maximum atomic E-state index is 14.2. The normalized spacial score (nSPS) is 18.7. The molecule has 0 bridgehead atoms. The van der Waals surface area contributed by atoms with Gasteiger partial charge in [-0.2, -0.15) is 4.52 Å². The van der Waals surface area contributed by atoms with Crippen LogP contribution in [0.3, 0.4) is 0 Å². The van der Waals surface area contributed by atoms with E-state index in [1.165, 1.54) is 11.6 Å². The number of pyridine rings is 1. The number of hydrogen-bond donors (Lipinski definition) is 1. The summed E-state index contributed by atoms with van der Waals surface area (Å²) in [7, 11) is 1.49. The zero-order chi connectivity index (χ0) is 23.3. The van der Waals surface area contributed by atoms with Gasteiger partial charge < -0.3 is 15.4 Å². The van der Waals surface area contributed by atoms with Gasteiger partial charge in [-0.25, -0.2) is 23.7 Å². The highest BCUT2D eigenvalue weighted by atomic mass is 19.1. The molecule has 3 aromatic heterocycles. The van der Waals surface area contributed by atoms with Crippen LogP contribution in [0.25, 0.3) is 16.6 Å². The molecule has 1 amide bonds. The molecule has 170 valence electrons. The van der Waals surface area contributed by atoms with Crippen molar-refractivity contribution in [3.05, 3.63) is 53.5 Å². The van der Waals surface area contributed by atoms with Gasteiger partial charge in [0.25, 0.3) is 5.91 Å². The molecule has 1 aliphatic rings. The summed E-state index contributed by atoms with van der Waals surface area (Å²) < 4.78 is 34.5. The predicted molar refractivity (Wildman–Crippen MR) is 116 cm³/mol. The van der Waals surface area contributed by atoms with E-state index in [0.717, 1.165) is 25.0 Å². The number of hydrogen-bond acceptors (Lipinski definition) is 7. The van der Waals surface area contributed by atoms with Crippen LogP contribution >= 0.6 is 0 Å². The van der Waals surface area contributed by atoms with Crippen LogP contribution in [0.2, 0.25) is 0 Å². The average molecular weight is 453 g/mol. The quantitative estimate of drug-likeness (QED) is 0.508. The Labute approximate surface area is 187 Å². The molecule has 4 aromatic rings. The molecule has 0 unspecified atom stereocenters. The molecule has 1 aromatic carbocycles. The number of methoxy groups -OCH3 is 1. The van der Waals surface area contributed by atoms with E-state index in [0.29, 0.717) is 18.2 Å². The molecule has 2 atom stereocenters.